The molecule has 0 radical (unpaired) electrons. The van der Waals surface area contributed by atoms with Gasteiger partial charge in [0, 0.05) is 28.0 Å². The zero-order valence-corrected chi connectivity index (χ0v) is 18.0. The minimum atomic E-state index is -0.379. The molecule has 0 atom stereocenters. The van der Waals surface area contributed by atoms with Gasteiger partial charge in [0.05, 0.1) is 18.7 Å². The number of rotatable bonds is 6. The SMILES string of the molecule is CCOC(=O)c1ccc(NC(=S)Nc2cc(C)n(Cc3c(F)cccc3Cl)n2)cc1. The second kappa shape index (κ2) is 9.69. The average molecular weight is 447 g/mol. The van der Waals surface area contributed by atoms with Crippen molar-refractivity contribution in [3.63, 3.8) is 0 Å². The molecule has 3 rings (SSSR count). The lowest BCUT2D eigenvalue weighted by Gasteiger charge is -2.10. The first-order chi connectivity index (χ1) is 14.4. The first-order valence-electron chi connectivity index (χ1n) is 9.20. The van der Waals surface area contributed by atoms with E-state index in [2.05, 4.69) is 15.7 Å². The predicted octanol–water partition coefficient (Wildman–Crippen LogP) is 5.02. The standard InChI is InChI=1S/C21H20ClFN4O2S/c1-3-29-20(28)14-7-9-15(10-8-14)24-21(30)25-19-11-13(2)27(26-19)12-16-17(22)5-4-6-18(16)23/h4-11H,3,12H2,1-2H3,(H2,24,25,26,30). The number of ether oxygens (including phenoxy) is 1. The van der Waals surface area contributed by atoms with Crippen molar-refractivity contribution in [3.05, 3.63) is 76.2 Å². The molecule has 0 aliphatic rings. The summed E-state index contributed by atoms with van der Waals surface area (Å²) < 4.78 is 20.6. The number of hydrogen-bond acceptors (Lipinski definition) is 4. The Labute approximate surface area is 184 Å². The number of nitrogens with one attached hydrogen (secondary N) is 2. The second-order valence-electron chi connectivity index (χ2n) is 6.41. The summed E-state index contributed by atoms with van der Waals surface area (Å²) in [5, 5.41) is 11.1. The monoisotopic (exact) mass is 446 g/mol. The molecule has 2 aromatic carbocycles. The van der Waals surface area contributed by atoms with Gasteiger partial charge in [0.25, 0.3) is 0 Å². The third kappa shape index (κ3) is 5.34. The number of anilines is 2. The molecule has 0 aliphatic carbocycles. The predicted molar refractivity (Wildman–Crippen MR) is 120 cm³/mol. The highest BCUT2D eigenvalue weighted by molar-refractivity contribution is 7.80. The molecule has 3 aromatic rings. The Morgan fingerprint density at radius 1 is 1.23 bits per heavy atom. The van der Waals surface area contributed by atoms with E-state index in [9.17, 15) is 9.18 Å². The molecule has 1 aromatic heterocycles. The number of aryl methyl sites for hydroxylation is 1. The second-order valence-corrected chi connectivity index (χ2v) is 7.22. The van der Waals surface area contributed by atoms with Crippen LogP contribution in [0.25, 0.3) is 0 Å². The maximum atomic E-state index is 14.0. The van der Waals surface area contributed by atoms with E-state index >= 15 is 0 Å². The topological polar surface area (TPSA) is 68.2 Å². The van der Waals surface area contributed by atoms with Gasteiger partial charge in [0.1, 0.15) is 5.82 Å². The Balaban J connectivity index is 1.63. The van der Waals surface area contributed by atoms with Crippen LogP contribution in [0.2, 0.25) is 5.02 Å². The van der Waals surface area contributed by atoms with Crippen LogP contribution in [0.5, 0.6) is 0 Å². The van der Waals surface area contributed by atoms with E-state index < -0.39 is 0 Å². The van der Waals surface area contributed by atoms with E-state index in [4.69, 9.17) is 28.6 Å². The summed E-state index contributed by atoms with van der Waals surface area (Å²) >= 11 is 11.4. The van der Waals surface area contributed by atoms with E-state index in [-0.39, 0.29) is 18.3 Å². The van der Waals surface area contributed by atoms with Crippen molar-refractivity contribution in [3.8, 4) is 0 Å². The Kier molecular flexibility index (Phi) is 7.02. The molecule has 2 N–H and O–H groups in total. The number of halogens is 2. The molecule has 0 saturated carbocycles. The number of carbonyl (C=O) groups excluding carboxylic acids is 1. The van der Waals surface area contributed by atoms with Gasteiger partial charge in [-0.1, -0.05) is 17.7 Å². The molecule has 0 fully saturated rings. The molecule has 0 unspecified atom stereocenters. The van der Waals surface area contributed by atoms with Crippen molar-refractivity contribution in [2.45, 2.75) is 20.4 Å². The Bertz CT molecular complexity index is 1050. The number of thiocarbonyl (C=S) groups is 1. The highest BCUT2D eigenvalue weighted by Gasteiger charge is 2.12. The quantitative estimate of drug-likeness (QED) is 0.409. The number of aromatic nitrogens is 2. The van der Waals surface area contributed by atoms with E-state index in [0.29, 0.717) is 39.4 Å². The molecular formula is C21H20ClFN4O2S. The first kappa shape index (κ1) is 21.7. The fraction of sp³-hybridized carbons (Fsp3) is 0.190. The van der Waals surface area contributed by atoms with Gasteiger partial charge in [0.15, 0.2) is 10.9 Å². The minimum Gasteiger partial charge on any atom is -0.462 e. The average Bonchev–Trinajstić information content (AvgIpc) is 3.04. The van der Waals surface area contributed by atoms with E-state index in [1.54, 1.807) is 54.1 Å². The van der Waals surface area contributed by atoms with Crippen molar-refractivity contribution in [2.75, 3.05) is 17.2 Å². The van der Waals surface area contributed by atoms with Crippen LogP contribution in [0.4, 0.5) is 15.9 Å². The zero-order valence-electron chi connectivity index (χ0n) is 16.4. The number of carbonyl (C=O) groups is 1. The van der Waals surface area contributed by atoms with E-state index in [0.717, 1.165) is 5.69 Å². The van der Waals surface area contributed by atoms with Gasteiger partial charge in [-0.2, -0.15) is 5.10 Å². The van der Waals surface area contributed by atoms with E-state index in [1.165, 1.54) is 6.07 Å². The molecule has 6 nitrogen and oxygen atoms in total. The Morgan fingerprint density at radius 3 is 2.63 bits per heavy atom. The van der Waals surface area contributed by atoms with Crippen molar-refractivity contribution in [1.82, 2.24) is 9.78 Å². The smallest absolute Gasteiger partial charge is 0.338 e. The van der Waals surface area contributed by atoms with Crippen LogP contribution >= 0.6 is 23.8 Å². The summed E-state index contributed by atoms with van der Waals surface area (Å²) in [5.41, 5.74) is 2.36. The lowest BCUT2D eigenvalue weighted by atomic mass is 10.2. The van der Waals surface area contributed by atoms with Crippen LogP contribution in [0.15, 0.2) is 48.5 Å². The molecule has 9 heteroatoms. The van der Waals surface area contributed by atoms with Crippen LogP contribution in [0, 0.1) is 12.7 Å². The van der Waals surface area contributed by atoms with Crippen LogP contribution in [-0.4, -0.2) is 27.5 Å². The number of esters is 1. The highest BCUT2D eigenvalue weighted by Crippen LogP contribution is 2.21. The number of nitrogens with zero attached hydrogens (tertiary/aromatic N) is 2. The zero-order chi connectivity index (χ0) is 21.7. The number of hydrogen-bond donors (Lipinski definition) is 2. The molecule has 0 saturated heterocycles. The third-order valence-corrected chi connectivity index (χ3v) is 4.80. The summed E-state index contributed by atoms with van der Waals surface area (Å²) in [6.45, 7) is 4.14. The van der Waals surface area contributed by atoms with Crippen molar-refractivity contribution in [2.24, 2.45) is 0 Å². The van der Waals surface area contributed by atoms with Crippen LogP contribution in [0.3, 0.4) is 0 Å². The Hall–Kier alpha value is -2.97. The van der Waals surface area contributed by atoms with Crippen LogP contribution in [0.1, 0.15) is 28.5 Å². The summed E-state index contributed by atoms with van der Waals surface area (Å²) in [7, 11) is 0. The van der Waals surface area contributed by atoms with Crippen LogP contribution in [-0.2, 0) is 11.3 Å². The minimum absolute atomic E-state index is 0.203. The van der Waals surface area contributed by atoms with Crippen molar-refractivity contribution >= 4 is 46.4 Å². The molecule has 0 amide bonds. The summed E-state index contributed by atoms with van der Waals surface area (Å²) in [4.78, 5) is 11.7. The molecular weight excluding hydrogens is 427 g/mol. The molecule has 1 heterocycles. The van der Waals surface area contributed by atoms with Gasteiger partial charge in [-0.3, -0.25) is 4.68 Å². The van der Waals surface area contributed by atoms with Gasteiger partial charge in [-0.25, -0.2) is 9.18 Å². The fourth-order valence-electron chi connectivity index (χ4n) is 2.75. The van der Waals surface area contributed by atoms with Gasteiger partial charge in [-0.15, -0.1) is 0 Å². The largest absolute Gasteiger partial charge is 0.462 e. The maximum absolute atomic E-state index is 14.0. The summed E-state index contributed by atoms with van der Waals surface area (Å²) in [6, 6.07) is 13.1. The summed E-state index contributed by atoms with van der Waals surface area (Å²) in [5.74, 6) is -0.239. The maximum Gasteiger partial charge on any atom is 0.338 e. The molecule has 156 valence electrons. The normalized spacial score (nSPS) is 10.5. The number of benzene rings is 2. The van der Waals surface area contributed by atoms with Gasteiger partial charge >= 0.3 is 5.97 Å². The van der Waals surface area contributed by atoms with Crippen molar-refractivity contribution < 1.29 is 13.9 Å². The lowest BCUT2D eigenvalue weighted by Crippen LogP contribution is -2.19. The van der Waals surface area contributed by atoms with Crippen molar-refractivity contribution in [1.29, 1.82) is 0 Å². The molecule has 0 bridgehead atoms. The summed E-state index contributed by atoms with van der Waals surface area (Å²) in [6.07, 6.45) is 0. The first-order valence-corrected chi connectivity index (χ1v) is 9.98. The third-order valence-electron chi connectivity index (χ3n) is 4.25. The van der Waals surface area contributed by atoms with Gasteiger partial charge in [0.2, 0.25) is 0 Å². The van der Waals surface area contributed by atoms with E-state index in [1.807, 2.05) is 6.92 Å². The van der Waals surface area contributed by atoms with Gasteiger partial charge < -0.3 is 15.4 Å². The fourth-order valence-corrected chi connectivity index (χ4v) is 3.19. The molecule has 0 spiro atoms. The highest BCUT2D eigenvalue weighted by atomic mass is 35.5. The Morgan fingerprint density at radius 2 is 1.97 bits per heavy atom. The van der Waals surface area contributed by atoms with Gasteiger partial charge in [-0.05, 0) is 62.5 Å². The lowest BCUT2D eigenvalue weighted by molar-refractivity contribution is 0.0526. The molecule has 0 aliphatic heterocycles. The van der Waals surface area contributed by atoms with Crippen LogP contribution < -0.4 is 10.6 Å². The molecule has 30 heavy (non-hydrogen) atoms.